The Morgan fingerprint density at radius 1 is 0.846 bits per heavy atom. The molecule has 1 heterocycles. The van der Waals surface area contributed by atoms with Crippen LogP contribution < -0.4 is 0 Å². The first-order chi connectivity index (χ1) is 18.4. The van der Waals surface area contributed by atoms with Gasteiger partial charge in [0.1, 0.15) is 6.04 Å². The van der Waals surface area contributed by atoms with Gasteiger partial charge in [-0.25, -0.2) is 14.4 Å². The van der Waals surface area contributed by atoms with Gasteiger partial charge in [0, 0.05) is 7.11 Å². The van der Waals surface area contributed by atoms with Crippen molar-refractivity contribution in [3.63, 3.8) is 0 Å². The van der Waals surface area contributed by atoms with Gasteiger partial charge in [-0.1, -0.05) is 57.2 Å². The molecule has 0 saturated carbocycles. The normalized spacial score (nSPS) is 21.4. The fourth-order valence-electron chi connectivity index (χ4n) is 4.06. The number of hydrogen-bond donors (Lipinski definition) is 0. The van der Waals surface area contributed by atoms with Crippen LogP contribution in [0.25, 0.3) is 0 Å². The summed E-state index contributed by atoms with van der Waals surface area (Å²) in [6, 6.07) is 16.1. The number of ether oxygens (including phenoxy) is 4. The molecule has 4 atom stereocenters. The van der Waals surface area contributed by atoms with Crippen LogP contribution in [0.2, 0.25) is 18.1 Å². The summed E-state index contributed by atoms with van der Waals surface area (Å²) in [5, 5.41) is -0.115. The molecule has 1 aliphatic heterocycles. The largest absolute Gasteiger partial charge is 0.452 e. The Bertz CT molecular complexity index is 1120. The summed E-state index contributed by atoms with van der Waals surface area (Å²) in [6.07, 6.45) is -4.01. The van der Waals surface area contributed by atoms with E-state index < -0.39 is 50.8 Å². The summed E-state index contributed by atoms with van der Waals surface area (Å²) >= 11 is 0. The molecule has 2 aromatic carbocycles. The quantitative estimate of drug-likeness (QED) is 0.233. The van der Waals surface area contributed by atoms with Crippen LogP contribution in [0.4, 0.5) is 4.79 Å². The Kier molecular flexibility index (Phi) is 9.92. The molecule has 212 valence electrons. The first-order valence-electron chi connectivity index (χ1n) is 13.0. The van der Waals surface area contributed by atoms with Crippen molar-refractivity contribution in [2.24, 2.45) is 0 Å². The van der Waals surface area contributed by atoms with Gasteiger partial charge in [0.2, 0.25) is 0 Å². The monoisotopic (exact) mass is 557 g/mol. The number of benzene rings is 2. The molecular formula is C29H39NO8Si. The minimum Gasteiger partial charge on any atom is -0.452 e. The Morgan fingerprint density at radius 3 is 1.77 bits per heavy atom. The van der Waals surface area contributed by atoms with Gasteiger partial charge in [0.15, 0.2) is 26.8 Å². The van der Waals surface area contributed by atoms with E-state index in [1.54, 1.807) is 67.6 Å². The van der Waals surface area contributed by atoms with Crippen molar-refractivity contribution in [2.45, 2.75) is 70.3 Å². The predicted octanol–water partition coefficient (Wildman–Crippen LogP) is 5.27. The molecule has 0 spiro atoms. The number of hydrogen-bond acceptors (Lipinski definition) is 8. The topological polar surface area (TPSA) is 101 Å². The van der Waals surface area contributed by atoms with Gasteiger partial charge in [-0.2, -0.15) is 0 Å². The van der Waals surface area contributed by atoms with Crippen molar-refractivity contribution in [2.75, 3.05) is 20.3 Å². The van der Waals surface area contributed by atoms with Gasteiger partial charge in [-0.3, -0.25) is 4.90 Å². The minimum atomic E-state index is -2.30. The lowest BCUT2D eigenvalue weighted by Crippen LogP contribution is -2.50. The zero-order valence-corrected chi connectivity index (χ0v) is 24.7. The second-order valence-electron chi connectivity index (χ2n) is 10.8. The summed E-state index contributed by atoms with van der Waals surface area (Å²) in [7, 11) is -0.899. The average Bonchev–Trinajstić information content (AvgIpc) is 3.19. The lowest BCUT2D eigenvalue weighted by molar-refractivity contribution is -0.0872. The van der Waals surface area contributed by atoms with E-state index in [0.29, 0.717) is 11.1 Å². The zero-order chi connectivity index (χ0) is 28.8. The van der Waals surface area contributed by atoms with Crippen molar-refractivity contribution < 1.29 is 37.8 Å². The Hall–Kier alpha value is -3.21. The summed E-state index contributed by atoms with van der Waals surface area (Å²) < 4.78 is 29.4. The Labute approximate surface area is 231 Å². The van der Waals surface area contributed by atoms with Gasteiger partial charge < -0.3 is 23.4 Å². The summed E-state index contributed by atoms with van der Waals surface area (Å²) in [5.41, 5.74) is 0.627. The SMILES string of the molecule is CCOC(=O)N1[C@H](CO[Si](C)(C)C(C)(C)C)[C@@H](OC(=O)c2ccccc2)[C@@H](OC(=O)c2ccccc2)[C@@H]1OC. The van der Waals surface area contributed by atoms with Crippen molar-refractivity contribution >= 4 is 26.3 Å². The molecule has 10 heteroatoms. The lowest BCUT2D eigenvalue weighted by Gasteiger charge is -2.38. The third kappa shape index (κ3) is 7.06. The molecule has 0 aliphatic carbocycles. The average molecular weight is 558 g/mol. The molecule has 1 amide bonds. The predicted molar refractivity (Wildman–Crippen MR) is 148 cm³/mol. The van der Waals surface area contributed by atoms with Crippen LogP contribution in [0.15, 0.2) is 60.7 Å². The maximum atomic E-state index is 13.2. The summed E-state index contributed by atoms with van der Waals surface area (Å²) in [5.74, 6) is -1.27. The molecule has 0 N–H and O–H groups in total. The first-order valence-corrected chi connectivity index (χ1v) is 16.0. The maximum Gasteiger partial charge on any atom is 0.412 e. The lowest BCUT2D eigenvalue weighted by atomic mass is 10.1. The van der Waals surface area contributed by atoms with Crippen LogP contribution in [0, 0.1) is 0 Å². The number of methoxy groups -OCH3 is 1. The second-order valence-corrected chi connectivity index (χ2v) is 15.7. The molecule has 1 aliphatic rings. The van der Waals surface area contributed by atoms with E-state index >= 15 is 0 Å². The van der Waals surface area contributed by atoms with Crippen molar-refractivity contribution in [3.05, 3.63) is 71.8 Å². The number of rotatable bonds is 9. The zero-order valence-electron chi connectivity index (χ0n) is 23.7. The maximum absolute atomic E-state index is 13.2. The highest BCUT2D eigenvalue weighted by Gasteiger charge is 2.57. The Balaban J connectivity index is 2.04. The number of carbonyl (C=O) groups is 3. The molecule has 1 fully saturated rings. The molecule has 2 aromatic rings. The summed E-state index contributed by atoms with van der Waals surface area (Å²) in [6.45, 7) is 12.3. The number of nitrogens with zero attached hydrogens (tertiary/aromatic N) is 1. The fourth-order valence-corrected chi connectivity index (χ4v) is 5.08. The molecule has 0 bridgehead atoms. The van der Waals surface area contributed by atoms with E-state index in [4.69, 9.17) is 23.4 Å². The number of amides is 1. The van der Waals surface area contributed by atoms with E-state index in [1.807, 2.05) is 0 Å². The molecule has 3 rings (SSSR count). The highest BCUT2D eigenvalue weighted by Crippen LogP contribution is 2.39. The van der Waals surface area contributed by atoms with Crippen LogP contribution in [0.1, 0.15) is 48.4 Å². The molecule has 9 nitrogen and oxygen atoms in total. The molecule has 1 saturated heterocycles. The third-order valence-corrected chi connectivity index (χ3v) is 11.8. The fraction of sp³-hybridized carbons (Fsp3) is 0.483. The molecule has 0 unspecified atom stereocenters. The first kappa shape index (κ1) is 30.3. The van der Waals surface area contributed by atoms with Crippen LogP contribution in [0.5, 0.6) is 0 Å². The van der Waals surface area contributed by atoms with Crippen molar-refractivity contribution in [1.82, 2.24) is 4.90 Å². The van der Waals surface area contributed by atoms with E-state index in [1.165, 1.54) is 12.0 Å². The standard InChI is InChI=1S/C29H39NO8Si/c1-8-35-28(33)30-22(19-36-39(6,7)29(2,3)4)23(37-26(31)20-15-11-9-12-16-20)24(25(30)34-5)38-27(32)21-17-13-10-14-18-21/h9-18,22-25H,8,19H2,1-7H3/t22-,23-,24-,25+/m1/s1. The van der Waals surface area contributed by atoms with E-state index in [2.05, 4.69) is 33.9 Å². The smallest absolute Gasteiger partial charge is 0.412 e. The molecule has 39 heavy (non-hydrogen) atoms. The van der Waals surface area contributed by atoms with Gasteiger partial charge in [0.05, 0.1) is 24.3 Å². The van der Waals surface area contributed by atoms with Crippen LogP contribution >= 0.6 is 0 Å². The molecule has 0 aromatic heterocycles. The van der Waals surface area contributed by atoms with Crippen molar-refractivity contribution in [1.29, 1.82) is 0 Å². The Morgan fingerprint density at radius 2 is 1.33 bits per heavy atom. The van der Waals surface area contributed by atoms with Crippen LogP contribution in [0.3, 0.4) is 0 Å². The minimum absolute atomic E-state index is 0.0291. The third-order valence-electron chi connectivity index (χ3n) is 7.26. The van der Waals surface area contributed by atoms with E-state index in [9.17, 15) is 14.4 Å². The van der Waals surface area contributed by atoms with Crippen molar-refractivity contribution in [3.8, 4) is 0 Å². The number of likely N-dealkylation sites (tertiary alicyclic amines) is 1. The molecular weight excluding hydrogens is 518 g/mol. The highest BCUT2D eigenvalue weighted by atomic mass is 28.4. The van der Waals surface area contributed by atoms with Crippen LogP contribution in [-0.4, -0.2) is 76.1 Å². The van der Waals surface area contributed by atoms with Gasteiger partial charge in [-0.05, 0) is 49.3 Å². The van der Waals surface area contributed by atoms with Gasteiger partial charge in [0.25, 0.3) is 0 Å². The van der Waals surface area contributed by atoms with E-state index in [0.717, 1.165) is 0 Å². The van der Waals surface area contributed by atoms with Gasteiger partial charge in [-0.15, -0.1) is 0 Å². The number of esters is 2. The summed E-state index contributed by atoms with van der Waals surface area (Å²) in [4.78, 5) is 40.9. The van der Waals surface area contributed by atoms with Gasteiger partial charge >= 0.3 is 18.0 Å². The molecule has 0 radical (unpaired) electrons. The van der Waals surface area contributed by atoms with Crippen LogP contribution in [-0.2, 0) is 23.4 Å². The number of carbonyl (C=O) groups excluding carboxylic acids is 3. The van der Waals surface area contributed by atoms with E-state index in [-0.39, 0.29) is 18.3 Å². The second kappa shape index (κ2) is 12.8. The highest BCUT2D eigenvalue weighted by molar-refractivity contribution is 6.74.